The van der Waals surface area contributed by atoms with E-state index in [1.165, 1.54) is 12.0 Å². The van der Waals surface area contributed by atoms with E-state index in [9.17, 15) is 5.11 Å². The molecule has 0 aliphatic heterocycles. The highest BCUT2D eigenvalue weighted by atomic mass is 35.5. The van der Waals surface area contributed by atoms with Gasteiger partial charge >= 0.3 is 0 Å². The summed E-state index contributed by atoms with van der Waals surface area (Å²) in [4.78, 5) is 2.18. The number of hydrogen-bond donors (Lipinski definition) is 1. The van der Waals surface area contributed by atoms with E-state index in [-0.39, 0.29) is 18.5 Å². The number of halogens is 1. The van der Waals surface area contributed by atoms with Gasteiger partial charge in [-0.05, 0) is 50.6 Å². The second kappa shape index (κ2) is 7.87. The molecule has 20 heavy (non-hydrogen) atoms. The van der Waals surface area contributed by atoms with Crippen molar-refractivity contribution in [2.45, 2.75) is 31.3 Å². The first-order chi connectivity index (χ1) is 9.11. The van der Waals surface area contributed by atoms with E-state index < -0.39 is 0 Å². The maximum absolute atomic E-state index is 10.3. The Bertz CT molecular complexity index is 394. The van der Waals surface area contributed by atoms with Crippen LogP contribution in [0.4, 0.5) is 0 Å². The highest BCUT2D eigenvalue weighted by Crippen LogP contribution is 2.38. The molecule has 4 heteroatoms. The SMILES string of the molecule is COc1ccc(C2CCCC(O)C2CN(C)C)cc1.Cl. The monoisotopic (exact) mass is 299 g/mol. The summed E-state index contributed by atoms with van der Waals surface area (Å²) in [7, 11) is 5.84. The number of methoxy groups -OCH3 is 1. The van der Waals surface area contributed by atoms with Gasteiger partial charge in [0.25, 0.3) is 0 Å². The van der Waals surface area contributed by atoms with Crippen molar-refractivity contribution in [2.75, 3.05) is 27.7 Å². The molecule has 0 bridgehead atoms. The van der Waals surface area contributed by atoms with Gasteiger partial charge in [-0.15, -0.1) is 12.4 Å². The lowest BCUT2D eigenvalue weighted by Crippen LogP contribution is -2.38. The van der Waals surface area contributed by atoms with Gasteiger partial charge in [0.2, 0.25) is 0 Å². The molecular formula is C16H26ClNO2. The van der Waals surface area contributed by atoms with E-state index >= 15 is 0 Å². The Hall–Kier alpha value is -0.770. The van der Waals surface area contributed by atoms with Crippen LogP contribution >= 0.6 is 12.4 Å². The smallest absolute Gasteiger partial charge is 0.118 e. The van der Waals surface area contributed by atoms with E-state index in [1.807, 2.05) is 12.1 Å². The van der Waals surface area contributed by atoms with Gasteiger partial charge in [0.1, 0.15) is 5.75 Å². The van der Waals surface area contributed by atoms with Gasteiger partial charge in [0.15, 0.2) is 0 Å². The molecule has 0 heterocycles. The zero-order valence-electron chi connectivity index (χ0n) is 12.6. The second-order valence-corrected chi connectivity index (χ2v) is 5.80. The van der Waals surface area contributed by atoms with Crippen LogP contribution in [0.15, 0.2) is 24.3 Å². The van der Waals surface area contributed by atoms with Crippen LogP contribution < -0.4 is 4.74 Å². The molecule has 2 rings (SSSR count). The highest BCUT2D eigenvalue weighted by Gasteiger charge is 2.33. The average Bonchev–Trinajstić information content (AvgIpc) is 2.41. The van der Waals surface area contributed by atoms with Crippen LogP contribution in [0.1, 0.15) is 30.7 Å². The standard InChI is InChI=1S/C16H25NO2.ClH/c1-17(2)11-15-14(5-4-6-16(15)18)12-7-9-13(19-3)10-8-12;/h7-10,14-16,18H,4-6,11H2,1-3H3;1H. The van der Waals surface area contributed by atoms with Crippen LogP contribution in [0.2, 0.25) is 0 Å². The van der Waals surface area contributed by atoms with Crippen molar-refractivity contribution in [1.82, 2.24) is 4.90 Å². The van der Waals surface area contributed by atoms with Crippen molar-refractivity contribution in [3.8, 4) is 5.75 Å². The quantitative estimate of drug-likeness (QED) is 0.928. The molecule has 114 valence electrons. The van der Waals surface area contributed by atoms with Gasteiger partial charge in [-0.2, -0.15) is 0 Å². The molecule has 1 aliphatic rings. The molecule has 3 nitrogen and oxygen atoms in total. The fourth-order valence-corrected chi connectivity index (χ4v) is 3.18. The van der Waals surface area contributed by atoms with Crippen LogP contribution in [0.5, 0.6) is 5.75 Å². The van der Waals surface area contributed by atoms with Gasteiger partial charge in [-0.1, -0.05) is 18.6 Å². The van der Waals surface area contributed by atoms with Crippen molar-refractivity contribution in [1.29, 1.82) is 0 Å². The Morgan fingerprint density at radius 3 is 2.40 bits per heavy atom. The zero-order chi connectivity index (χ0) is 13.8. The molecule has 0 aromatic heterocycles. The Morgan fingerprint density at radius 1 is 1.20 bits per heavy atom. The third-order valence-electron chi connectivity index (χ3n) is 4.15. The number of aliphatic hydroxyl groups excluding tert-OH is 1. The summed E-state index contributed by atoms with van der Waals surface area (Å²) in [6.45, 7) is 0.942. The topological polar surface area (TPSA) is 32.7 Å². The first-order valence-electron chi connectivity index (χ1n) is 7.08. The molecule has 1 saturated carbocycles. The first-order valence-corrected chi connectivity index (χ1v) is 7.08. The van der Waals surface area contributed by atoms with Gasteiger partial charge in [0.05, 0.1) is 13.2 Å². The molecule has 3 atom stereocenters. The molecule has 1 aromatic carbocycles. The molecule has 1 aromatic rings. The predicted octanol–water partition coefficient (Wildman–Crippen LogP) is 2.92. The third-order valence-corrected chi connectivity index (χ3v) is 4.15. The molecule has 1 N–H and O–H groups in total. The van der Waals surface area contributed by atoms with Crippen LogP contribution in [0, 0.1) is 5.92 Å². The van der Waals surface area contributed by atoms with Crippen molar-refractivity contribution >= 4 is 12.4 Å². The van der Waals surface area contributed by atoms with Crippen LogP contribution in [0.3, 0.4) is 0 Å². The molecule has 1 fully saturated rings. The molecule has 0 saturated heterocycles. The van der Waals surface area contributed by atoms with Crippen LogP contribution in [-0.4, -0.2) is 43.9 Å². The van der Waals surface area contributed by atoms with Crippen molar-refractivity contribution in [3.05, 3.63) is 29.8 Å². The number of benzene rings is 1. The summed E-state index contributed by atoms with van der Waals surface area (Å²) in [5, 5.41) is 10.3. The Labute approximate surface area is 128 Å². The number of rotatable bonds is 4. The summed E-state index contributed by atoms with van der Waals surface area (Å²) in [5.41, 5.74) is 1.33. The fraction of sp³-hybridized carbons (Fsp3) is 0.625. The summed E-state index contributed by atoms with van der Waals surface area (Å²) in [6, 6.07) is 8.32. The lowest BCUT2D eigenvalue weighted by molar-refractivity contribution is 0.0414. The lowest BCUT2D eigenvalue weighted by atomic mass is 9.73. The van der Waals surface area contributed by atoms with Crippen molar-refractivity contribution in [3.63, 3.8) is 0 Å². The number of nitrogens with zero attached hydrogens (tertiary/aromatic N) is 1. The molecule has 1 aliphatic carbocycles. The predicted molar refractivity (Wildman–Crippen MR) is 84.9 cm³/mol. The molecule has 0 radical (unpaired) electrons. The van der Waals surface area contributed by atoms with E-state index in [1.54, 1.807) is 7.11 Å². The molecule has 0 amide bonds. The maximum Gasteiger partial charge on any atom is 0.118 e. The minimum atomic E-state index is -0.178. The van der Waals surface area contributed by atoms with E-state index in [4.69, 9.17) is 4.74 Å². The number of hydrogen-bond acceptors (Lipinski definition) is 3. The normalized spacial score (nSPS) is 26.1. The number of ether oxygens (including phenoxy) is 1. The van der Waals surface area contributed by atoms with Gasteiger partial charge < -0.3 is 14.7 Å². The van der Waals surface area contributed by atoms with E-state index in [2.05, 4.69) is 31.1 Å². The molecular weight excluding hydrogens is 274 g/mol. The summed E-state index contributed by atoms with van der Waals surface area (Å²) < 4.78 is 5.21. The minimum absolute atomic E-state index is 0. The summed E-state index contributed by atoms with van der Waals surface area (Å²) in [6.07, 6.45) is 3.04. The summed E-state index contributed by atoms with van der Waals surface area (Å²) in [5.74, 6) is 1.68. The second-order valence-electron chi connectivity index (χ2n) is 5.80. The third kappa shape index (κ3) is 4.11. The highest BCUT2D eigenvalue weighted by molar-refractivity contribution is 5.85. The Kier molecular flexibility index (Phi) is 6.80. The first kappa shape index (κ1) is 17.3. The average molecular weight is 300 g/mol. The molecule has 0 spiro atoms. The lowest BCUT2D eigenvalue weighted by Gasteiger charge is -2.37. The van der Waals surface area contributed by atoms with Crippen LogP contribution in [0.25, 0.3) is 0 Å². The van der Waals surface area contributed by atoms with Crippen molar-refractivity contribution < 1.29 is 9.84 Å². The van der Waals surface area contributed by atoms with Crippen molar-refractivity contribution in [2.24, 2.45) is 5.92 Å². The maximum atomic E-state index is 10.3. The zero-order valence-corrected chi connectivity index (χ0v) is 13.4. The minimum Gasteiger partial charge on any atom is -0.497 e. The largest absolute Gasteiger partial charge is 0.497 e. The van der Waals surface area contributed by atoms with Gasteiger partial charge in [-0.25, -0.2) is 0 Å². The van der Waals surface area contributed by atoms with Gasteiger partial charge in [0, 0.05) is 12.5 Å². The van der Waals surface area contributed by atoms with Gasteiger partial charge in [-0.3, -0.25) is 0 Å². The van der Waals surface area contributed by atoms with E-state index in [0.717, 1.165) is 25.1 Å². The van der Waals surface area contributed by atoms with E-state index in [0.29, 0.717) is 11.8 Å². The van der Waals surface area contributed by atoms with Crippen LogP contribution in [-0.2, 0) is 0 Å². The fourth-order valence-electron chi connectivity index (χ4n) is 3.18. The molecule has 3 unspecified atom stereocenters. The number of aliphatic hydroxyl groups is 1. The summed E-state index contributed by atoms with van der Waals surface area (Å²) >= 11 is 0. The Balaban J connectivity index is 0.00000200. The Morgan fingerprint density at radius 2 is 1.85 bits per heavy atom.